The number of halogens is 1. The average Bonchev–Trinajstić information content (AvgIpc) is 3.13. The molecule has 7 heteroatoms. The van der Waals surface area contributed by atoms with E-state index in [1.54, 1.807) is 19.2 Å². The van der Waals surface area contributed by atoms with E-state index in [1.165, 1.54) is 6.07 Å². The lowest BCUT2D eigenvalue weighted by Crippen LogP contribution is -2.43. The van der Waals surface area contributed by atoms with Gasteiger partial charge in [-0.3, -0.25) is 9.80 Å². The van der Waals surface area contributed by atoms with Crippen LogP contribution in [0.3, 0.4) is 0 Å². The molecule has 1 aromatic carbocycles. The molecule has 1 unspecified atom stereocenters. The van der Waals surface area contributed by atoms with Crippen LogP contribution in [0.1, 0.15) is 11.3 Å². The summed E-state index contributed by atoms with van der Waals surface area (Å²) in [7, 11) is 1.60. The molecule has 29 heavy (non-hydrogen) atoms. The lowest BCUT2D eigenvalue weighted by molar-refractivity contribution is 0.0178. The van der Waals surface area contributed by atoms with Gasteiger partial charge in [-0.05, 0) is 29.8 Å². The Balaban J connectivity index is 1.63. The number of aromatic nitrogens is 1. The molecule has 1 saturated heterocycles. The first-order chi connectivity index (χ1) is 14.1. The van der Waals surface area contributed by atoms with Gasteiger partial charge in [0, 0.05) is 64.8 Å². The van der Waals surface area contributed by atoms with Crippen molar-refractivity contribution in [3.8, 4) is 0 Å². The quantitative estimate of drug-likeness (QED) is 0.618. The fourth-order valence-corrected chi connectivity index (χ4v) is 3.69. The van der Waals surface area contributed by atoms with Crippen molar-refractivity contribution in [1.29, 1.82) is 0 Å². The van der Waals surface area contributed by atoms with Gasteiger partial charge >= 0.3 is 0 Å². The predicted molar refractivity (Wildman–Crippen MR) is 110 cm³/mol. The Bertz CT molecular complexity index is 734. The van der Waals surface area contributed by atoms with Crippen LogP contribution >= 0.6 is 0 Å². The van der Waals surface area contributed by atoms with Crippen LogP contribution in [0.2, 0.25) is 0 Å². The summed E-state index contributed by atoms with van der Waals surface area (Å²) in [5.41, 5.74) is 2.07. The fourth-order valence-electron chi connectivity index (χ4n) is 3.69. The van der Waals surface area contributed by atoms with E-state index in [-0.39, 0.29) is 5.82 Å². The van der Waals surface area contributed by atoms with E-state index in [2.05, 4.69) is 20.4 Å². The van der Waals surface area contributed by atoms with Gasteiger partial charge in [0.2, 0.25) is 0 Å². The number of benzene rings is 1. The molecule has 1 N–H and O–H groups in total. The summed E-state index contributed by atoms with van der Waals surface area (Å²) in [6.45, 7) is 7.45. The fraction of sp³-hybridized carbons (Fsp3) is 0.545. The SMILES string of the molecule is COCC(O)CN(CCN1CCOCC1)Cc1cccn1Cc1cccc(F)c1. The molecular weight excluding hydrogens is 373 g/mol. The highest BCUT2D eigenvalue weighted by molar-refractivity contribution is 5.19. The molecule has 3 rings (SSSR count). The van der Waals surface area contributed by atoms with Gasteiger partial charge in [-0.1, -0.05) is 12.1 Å². The van der Waals surface area contributed by atoms with Crippen molar-refractivity contribution in [2.45, 2.75) is 19.2 Å². The number of ether oxygens (including phenoxy) is 2. The Labute approximate surface area is 172 Å². The zero-order chi connectivity index (χ0) is 20.5. The molecule has 160 valence electrons. The molecular formula is C22H32FN3O3. The molecule has 0 radical (unpaired) electrons. The predicted octanol–water partition coefficient (Wildman–Crippen LogP) is 1.82. The summed E-state index contributed by atoms with van der Waals surface area (Å²) in [5.74, 6) is -0.217. The second-order valence-corrected chi connectivity index (χ2v) is 7.56. The third-order valence-corrected chi connectivity index (χ3v) is 5.22. The van der Waals surface area contributed by atoms with E-state index in [4.69, 9.17) is 9.47 Å². The second kappa shape index (κ2) is 11.4. The second-order valence-electron chi connectivity index (χ2n) is 7.56. The summed E-state index contributed by atoms with van der Waals surface area (Å²) >= 11 is 0. The number of aliphatic hydroxyl groups is 1. The molecule has 1 aromatic heterocycles. The minimum absolute atomic E-state index is 0.217. The highest BCUT2D eigenvalue weighted by Gasteiger charge is 2.17. The van der Waals surface area contributed by atoms with E-state index in [0.717, 1.165) is 50.7 Å². The molecule has 6 nitrogen and oxygen atoms in total. The molecule has 0 aliphatic carbocycles. The van der Waals surface area contributed by atoms with Gasteiger partial charge in [0.05, 0.1) is 25.9 Å². The largest absolute Gasteiger partial charge is 0.389 e. The van der Waals surface area contributed by atoms with Crippen molar-refractivity contribution in [1.82, 2.24) is 14.4 Å². The topological polar surface area (TPSA) is 50.1 Å². The minimum atomic E-state index is -0.531. The van der Waals surface area contributed by atoms with Gasteiger partial charge < -0.3 is 19.1 Å². The van der Waals surface area contributed by atoms with Crippen LogP contribution < -0.4 is 0 Å². The average molecular weight is 406 g/mol. The maximum Gasteiger partial charge on any atom is 0.123 e. The zero-order valence-corrected chi connectivity index (χ0v) is 17.2. The van der Waals surface area contributed by atoms with E-state index in [0.29, 0.717) is 26.2 Å². The van der Waals surface area contributed by atoms with E-state index in [9.17, 15) is 9.50 Å². The molecule has 1 aliphatic rings. The number of hydrogen-bond acceptors (Lipinski definition) is 5. The van der Waals surface area contributed by atoms with Crippen LogP contribution in [0, 0.1) is 5.82 Å². The van der Waals surface area contributed by atoms with Crippen molar-refractivity contribution in [2.24, 2.45) is 0 Å². The van der Waals surface area contributed by atoms with E-state index >= 15 is 0 Å². The lowest BCUT2D eigenvalue weighted by Gasteiger charge is -2.31. The number of morpholine rings is 1. The van der Waals surface area contributed by atoms with Gasteiger partial charge in [0.15, 0.2) is 0 Å². The normalized spacial score (nSPS) is 16.4. The molecule has 2 heterocycles. The Morgan fingerprint density at radius 3 is 2.83 bits per heavy atom. The maximum absolute atomic E-state index is 13.5. The summed E-state index contributed by atoms with van der Waals surface area (Å²) in [4.78, 5) is 4.65. The Morgan fingerprint density at radius 1 is 1.24 bits per heavy atom. The smallest absolute Gasteiger partial charge is 0.123 e. The summed E-state index contributed by atoms with van der Waals surface area (Å²) < 4.78 is 26.2. The number of nitrogens with zero attached hydrogens (tertiary/aromatic N) is 3. The van der Waals surface area contributed by atoms with Gasteiger partial charge in [0.1, 0.15) is 5.82 Å². The van der Waals surface area contributed by atoms with Crippen molar-refractivity contribution in [3.05, 3.63) is 59.7 Å². The van der Waals surface area contributed by atoms with Crippen molar-refractivity contribution >= 4 is 0 Å². The summed E-state index contributed by atoms with van der Waals surface area (Å²) in [6, 6.07) is 10.8. The molecule has 0 bridgehead atoms. The van der Waals surface area contributed by atoms with Crippen LogP contribution in [-0.4, -0.2) is 85.2 Å². The molecule has 2 aromatic rings. The molecule has 0 saturated carbocycles. The van der Waals surface area contributed by atoms with Crippen LogP contribution in [0.25, 0.3) is 0 Å². The minimum Gasteiger partial charge on any atom is -0.389 e. The van der Waals surface area contributed by atoms with Gasteiger partial charge in [-0.15, -0.1) is 0 Å². The van der Waals surface area contributed by atoms with Crippen LogP contribution in [0.4, 0.5) is 4.39 Å². The number of methoxy groups -OCH3 is 1. The molecule has 0 amide bonds. The zero-order valence-electron chi connectivity index (χ0n) is 17.2. The third-order valence-electron chi connectivity index (χ3n) is 5.22. The molecule has 1 aliphatic heterocycles. The van der Waals surface area contributed by atoms with E-state index < -0.39 is 6.10 Å². The van der Waals surface area contributed by atoms with Crippen LogP contribution in [0.5, 0.6) is 0 Å². The first-order valence-electron chi connectivity index (χ1n) is 10.2. The van der Waals surface area contributed by atoms with Crippen LogP contribution in [0.15, 0.2) is 42.6 Å². The summed E-state index contributed by atoms with van der Waals surface area (Å²) in [5, 5.41) is 10.3. The molecule has 1 atom stereocenters. The molecule has 0 spiro atoms. The lowest BCUT2D eigenvalue weighted by atomic mass is 10.2. The maximum atomic E-state index is 13.5. The molecule has 1 fully saturated rings. The highest BCUT2D eigenvalue weighted by Crippen LogP contribution is 2.12. The van der Waals surface area contributed by atoms with Gasteiger partial charge in [-0.25, -0.2) is 4.39 Å². The van der Waals surface area contributed by atoms with Crippen molar-refractivity contribution in [2.75, 3.05) is 59.7 Å². The highest BCUT2D eigenvalue weighted by atomic mass is 19.1. The Hall–Kier alpha value is -1.77. The van der Waals surface area contributed by atoms with Gasteiger partial charge in [0.25, 0.3) is 0 Å². The standard InChI is InChI=1S/C22H32FN3O3/c1-28-18-22(27)17-25(9-8-24-10-12-29-13-11-24)16-21-6-3-7-26(21)15-19-4-2-5-20(23)14-19/h2-7,14,22,27H,8-13,15-18H2,1H3. The van der Waals surface area contributed by atoms with Crippen molar-refractivity contribution < 1.29 is 19.0 Å². The van der Waals surface area contributed by atoms with Crippen LogP contribution in [-0.2, 0) is 22.6 Å². The number of hydrogen-bond donors (Lipinski definition) is 1. The summed E-state index contributed by atoms with van der Waals surface area (Å²) in [6.07, 6.45) is 1.49. The van der Waals surface area contributed by atoms with Crippen molar-refractivity contribution in [3.63, 3.8) is 0 Å². The number of aliphatic hydroxyl groups excluding tert-OH is 1. The monoisotopic (exact) mass is 405 g/mol. The third kappa shape index (κ3) is 7.21. The first kappa shape index (κ1) is 21.9. The Morgan fingerprint density at radius 2 is 2.07 bits per heavy atom. The Kier molecular flexibility index (Phi) is 8.64. The van der Waals surface area contributed by atoms with Gasteiger partial charge in [-0.2, -0.15) is 0 Å². The first-order valence-corrected chi connectivity index (χ1v) is 10.2. The van der Waals surface area contributed by atoms with E-state index in [1.807, 2.05) is 18.3 Å². The number of rotatable bonds is 11.